The van der Waals surface area contributed by atoms with Crippen molar-refractivity contribution in [2.75, 3.05) is 7.05 Å². The first-order chi connectivity index (χ1) is 6.09. The highest BCUT2D eigenvalue weighted by molar-refractivity contribution is 6.36. The van der Waals surface area contributed by atoms with E-state index in [4.69, 9.17) is 0 Å². The number of carbonyl (C=O) groups is 2. The number of ketones is 1. The van der Waals surface area contributed by atoms with Gasteiger partial charge in [-0.1, -0.05) is 41.5 Å². The van der Waals surface area contributed by atoms with Crippen LogP contribution in [-0.4, -0.2) is 18.7 Å². The molecule has 3 heteroatoms. The zero-order valence-electron chi connectivity index (χ0n) is 9.89. The smallest absolute Gasteiger partial charge is 0.287 e. The number of likely N-dealkylation sites (N-methyl/N-ethyl adjacent to an activating group) is 1. The summed E-state index contributed by atoms with van der Waals surface area (Å²) in [5.74, 6) is -1.08. The molecule has 0 spiro atoms. The molecule has 0 unspecified atom stereocenters. The van der Waals surface area contributed by atoms with E-state index in [0.29, 0.717) is 0 Å². The van der Waals surface area contributed by atoms with Gasteiger partial charge in [0.1, 0.15) is 0 Å². The number of hydrogen-bond acceptors (Lipinski definition) is 2. The van der Waals surface area contributed by atoms with Crippen molar-refractivity contribution >= 4 is 11.7 Å². The normalized spacial score (nSPS) is 7.38. The first kappa shape index (κ1) is 18.0. The number of nitrogens with one attached hydrogen (secondary N) is 1. The lowest BCUT2D eigenvalue weighted by Gasteiger charge is -1.99. The Balaban J connectivity index is -0.000000218. The fraction of sp³-hybridized carbons (Fsp3) is 0.800. The second-order valence-corrected chi connectivity index (χ2v) is 2.10. The van der Waals surface area contributed by atoms with Gasteiger partial charge in [-0.3, -0.25) is 9.59 Å². The number of carbonyl (C=O) groups excluding carboxylic acids is 2. The van der Waals surface area contributed by atoms with Gasteiger partial charge >= 0.3 is 0 Å². The summed E-state index contributed by atoms with van der Waals surface area (Å²) in [6, 6.07) is 0. The van der Waals surface area contributed by atoms with E-state index in [9.17, 15) is 9.59 Å². The maximum Gasteiger partial charge on any atom is 0.287 e. The van der Waals surface area contributed by atoms with Crippen LogP contribution in [0, 0.1) is 5.92 Å². The van der Waals surface area contributed by atoms with E-state index in [2.05, 4.69) is 5.32 Å². The van der Waals surface area contributed by atoms with Gasteiger partial charge in [0.2, 0.25) is 5.78 Å². The van der Waals surface area contributed by atoms with Crippen LogP contribution in [0.15, 0.2) is 0 Å². The van der Waals surface area contributed by atoms with Gasteiger partial charge in [-0.25, -0.2) is 0 Å². The first-order valence-electron chi connectivity index (χ1n) is 4.85. The van der Waals surface area contributed by atoms with Gasteiger partial charge in [-0.15, -0.1) is 0 Å². The summed E-state index contributed by atoms with van der Waals surface area (Å²) in [6.07, 6.45) is 0. The first-order valence-corrected chi connectivity index (χ1v) is 4.85. The van der Waals surface area contributed by atoms with E-state index in [0.717, 1.165) is 0 Å². The third kappa shape index (κ3) is 11.1. The maximum atomic E-state index is 10.7. The van der Waals surface area contributed by atoms with Crippen LogP contribution < -0.4 is 5.32 Å². The molecule has 0 aromatic rings. The van der Waals surface area contributed by atoms with Gasteiger partial charge in [0.05, 0.1) is 0 Å². The van der Waals surface area contributed by atoms with Gasteiger partial charge < -0.3 is 5.32 Å². The summed E-state index contributed by atoms with van der Waals surface area (Å²) >= 11 is 0. The van der Waals surface area contributed by atoms with Gasteiger partial charge in [-0.2, -0.15) is 0 Å². The average Bonchev–Trinajstić information content (AvgIpc) is 2.21. The lowest BCUT2D eigenvalue weighted by molar-refractivity contribution is -0.139. The number of amides is 1. The van der Waals surface area contributed by atoms with Crippen molar-refractivity contribution in [1.29, 1.82) is 0 Å². The van der Waals surface area contributed by atoms with Crippen LogP contribution in [0.25, 0.3) is 0 Å². The van der Waals surface area contributed by atoms with Crippen LogP contribution in [0.3, 0.4) is 0 Å². The Bertz CT molecular complexity index is 131. The molecule has 0 atom stereocenters. The van der Waals surface area contributed by atoms with Crippen molar-refractivity contribution in [2.45, 2.75) is 41.5 Å². The molecule has 0 rings (SSSR count). The number of hydrogen-bond donors (Lipinski definition) is 1. The molecule has 0 aromatic carbocycles. The fourth-order valence-electron chi connectivity index (χ4n) is 0.385. The molecular formula is C10H23NO2. The molecule has 0 aliphatic carbocycles. The van der Waals surface area contributed by atoms with Crippen LogP contribution in [0.2, 0.25) is 0 Å². The third-order valence-corrected chi connectivity index (χ3v) is 0.975. The van der Waals surface area contributed by atoms with E-state index in [-0.39, 0.29) is 11.7 Å². The Morgan fingerprint density at radius 3 is 1.38 bits per heavy atom. The monoisotopic (exact) mass is 189 g/mol. The predicted molar refractivity (Wildman–Crippen MR) is 56.6 cm³/mol. The SMILES string of the molecule is CC.CC.CNC(=O)C(=O)C(C)C. The molecule has 0 heterocycles. The molecule has 13 heavy (non-hydrogen) atoms. The molecular weight excluding hydrogens is 166 g/mol. The van der Waals surface area contributed by atoms with E-state index in [1.807, 2.05) is 27.7 Å². The summed E-state index contributed by atoms with van der Waals surface area (Å²) in [7, 11) is 1.45. The highest BCUT2D eigenvalue weighted by atomic mass is 16.2. The summed E-state index contributed by atoms with van der Waals surface area (Å²) in [6.45, 7) is 11.4. The topological polar surface area (TPSA) is 46.2 Å². The molecule has 0 aliphatic heterocycles. The van der Waals surface area contributed by atoms with Crippen molar-refractivity contribution in [3.05, 3.63) is 0 Å². The van der Waals surface area contributed by atoms with Crippen LogP contribution in [0.5, 0.6) is 0 Å². The second-order valence-electron chi connectivity index (χ2n) is 2.10. The number of rotatable bonds is 2. The largest absolute Gasteiger partial charge is 0.353 e. The molecule has 0 fully saturated rings. The average molecular weight is 189 g/mol. The zero-order valence-corrected chi connectivity index (χ0v) is 9.89. The highest BCUT2D eigenvalue weighted by Gasteiger charge is 2.14. The van der Waals surface area contributed by atoms with Crippen molar-refractivity contribution in [3.8, 4) is 0 Å². The Hall–Kier alpha value is -0.860. The minimum Gasteiger partial charge on any atom is -0.353 e. The van der Waals surface area contributed by atoms with Crippen molar-refractivity contribution in [1.82, 2.24) is 5.32 Å². The quantitative estimate of drug-likeness (QED) is 0.675. The van der Waals surface area contributed by atoms with Gasteiger partial charge in [0.25, 0.3) is 5.91 Å². The lowest BCUT2D eigenvalue weighted by atomic mass is 10.1. The summed E-state index contributed by atoms with van der Waals surface area (Å²) in [5.41, 5.74) is 0. The standard InChI is InChI=1S/C6H11NO2.2C2H6/c1-4(2)5(8)6(9)7-3;2*1-2/h4H,1-3H3,(H,7,9);2*1-2H3. The Morgan fingerprint density at radius 2 is 1.31 bits per heavy atom. The van der Waals surface area contributed by atoms with Crippen LogP contribution in [-0.2, 0) is 9.59 Å². The van der Waals surface area contributed by atoms with Crippen molar-refractivity contribution < 1.29 is 9.59 Å². The molecule has 0 saturated carbocycles. The lowest BCUT2D eigenvalue weighted by Crippen LogP contribution is -2.30. The predicted octanol–water partition coefficient (Wildman–Crippen LogP) is 2.01. The molecule has 0 aromatic heterocycles. The van der Waals surface area contributed by atoms with Crippen molar-refractivity contribution in [2.24, 2.45) is 5.92 Å². The highest BCUT2D eigenvalue weighted by Crippen LogP contribution is 1.92. The molecule has 0 bridgehead atoms. The van der Waals surface area contributed by atoms with Crippen LogP contribution in [0.4, 0.5) is 0 Å². The number of Topliss-reactive ketones (excluding diaryl/α,β-unsaturated/α-hetero) is 1. The summed E-state index contributed by atoms with van der Waals surface area (Å²) in [5, 5.41) is 2.26. The van der Waals surface area contributed by atoms with Crippen molar-refractivity contribution in [3.63, 3.8) is 0 Å². The summed E-state index contributed by atoms with van der Waals surface area (Å²) < 4.78 is 0. The Kier molecular flexibility index (Phi) is 19.0. The third-order valence-electron chi connectivity index (χ3n) is 0.975. The molecule has 80 valence electrons. The molecule has 0 aliphatic rings. The van der Waals surface area contributed by atoms with E-state index in [1.54, 1.807) is 13.8 Å². The van der Waals surface area contributed by atoms with Crippen LogP contribution >= 0.6 is 0 Å². The van der Waals surface area contributed by atoms with Crippen LogP contribution in [0.1, 0.15) is 41.5 Å². The molecule has 1 N–H and O–H groups in total. The Labute approximate surface area is 81.9 Å². The molecule has 3 nitrogen and oxygen atoms in total. The second kappa shape index (κ2) is 13.7. The van der Waals surface area contributed by atoms with Gasteiger partial charge in [-0.05, 0) is 0 Å². The Morgan fingerprint density at radius 1 is 1.00 bits per heavy atom. The van der Waals surface area contributed by atoms with E-state index >= 15 is 0 Å². The maximum absolute atomic E-state index is 10.7. The molecule has 1 amide bonds. The zero-order chi connectivity index (χ0) is 11.4. The minimum absolute atomic E-state index is 0.204. The van der Waals surface area contributed by atoms with Gasteiger partial charge in [0, 0.05) is 13.0 Å². The van der Waals surface area contributed by atoms with Gasteiger partial charge in [0.15, 0.2) is 0 Å². The summed E-state index contributed by atoms with van der Waals surface area (Å²) in [4.78, 5) is 21.2. The molecule has 0 saturated heterocycles. The molecule has 0 radical (unpaired) electrons. The minimum atomic E-state index is -0.509. The van der Waals surface area contributed by atoms with E-state index in [1.165, 1.54) is 7.05 Å². The fourth-order valence-corrected chi connectivity index (χ4v) is 0.385. The van der Waals surface area contributed by atoms with E-state index < -0.39 is 5.91 Å².